The Labute approximate surface area is 122 Å². The standard InChI is InChI=1S/C16H29NO3/c18-12-6-2-1-5-11-17-14-8-4-3-7-13(14)9-10-15(17)16(19)20/h13-15,18H,1-12H2,(H,19,20). The maximum absolute atomic E-state index is 11.5. The Hall–Kier alpha value is -0.610. The highest BCUT2D eigenvalue weighted by molar-refractivity contribution is 5.73. The number of aliphatic carboxylic acids is 1. The normalized spacial score (nSPS) is 30.9. The lowest BCUT2D eigenvalue weighted by Crippen LogP contribution is -2.55. The number of likely N-dealkylation sites (tertiary alicyclic amines) is 1. The van der Waals surface area contributed by atoms with E-state index in [1.165, 1.54) is 25.7 Å². The number of carboxylic acid groups (broad SMARTS) is 1. The smallest absolute Gasteiger partial charge is 0.320 e. The van der Waals surface area contributed by atoms with Gasteiger partial charge in [0.15, 0.2) is 0 Å². The van der Waals surface area contributed by atoms with Crippen LogP contribution >= 0.6 is 0 Å². The van der Waals surface area contributed by atoms with Crippen LogP contribution in [0, 0.1) is 5.92 Å². The molecule has 0 radical (unpaired) electrons. The highest BCUT2D eigenvalue weighted by Gasteiger charge is 2.40. The fourth-order valence-electron chi connectivity index (χ4n) is 4.08. The van der Waals surface area contributed by atoms with Crippen molar-refractivity contribution in [1.82, 2.24) is 4.90 Å². The quantitative estimate of drug-likeness (QED) is 0.705. The van der Waals surface area contributed by atoms with Crippen LogP contribution in [-0.2, 0) is 4.79 Å². The Morgan fingerprint density at radius 1 is 1.00 bits per heavy atom. The third-order valence-electron chi connectivity index (χ3n) is 5.12. The molecule has 3 unspecified atom stereocenters. The number of piperidine rings is 1. The molecule has 2 aliphatic rings. The summed E-state index contributed by atoms with van der Waals surface area (Å²) in [4.78, 5) is 13.8. The average Bonchev–Trinajstić information content (AvgIpc) is 2.46. The summed E-state index contributed by atoms with van der Waals surface area (Å²) in [5.74, 6) is 0.0983. The van der Waals surface area contributed by atoms with Crippen LogP contribution in [0.2, 0.25) is 0 Å². The first-order valence-electron chi connectivity index (χ1n) is 8.33. The van der Waals surface area contributed by atoms with Crippen LogP contribution in [0.3, 0.4) is 0 Å². The molecule has 0 aromatic rings. The molecule has 1 saturated carbocycles. The minimum Gasteiger partial charge on any atom is -0.480 e. The molecule has 20 heavy (non-hydrogen) atoms. The SMILES string of the molecule is O=C(O)C1CCC2CCCCC2N1CCCCCCO. The third kappa shape index (κ3) is 3.95. The van der Waals surface area contributed by atoms with Gasteiger partial charge in [0.05, 0.1) is 0 Å². The molecule has 116 valence electrons. The van der Waals surface area contributed by atoms with Crippen molar-refractivity contribution in [3.63, 3.8) is 0 Å². The summed E-state index contributed by atoms with van der Waals surface area (Å²) in [6.07, 6.45) is 11.1. The topological polar surface area (TPSA) is 60.8 Å². The summed E-state index contributed by atoms with van der Waals surface area (Å²) in [6, 6.07) is 0.253. The first-order chi connectivity index (χ1) is 9.74. The Morgan fingerprint density at radius 2 is 1.75 bits per heavy atom. The number of aliphatic hydroxyl groups excluding tert-OH is 1. The molecule has 1 heterocycles. The fourth-order valence-corrected chi connectivity index (χ4v) is 4.08. The van der Waals surface area contributed by atoms with Crippen molar-refractivity contribution >= 4 is 5.97 Å². The Balaban J connectivity index is 1.89. The van der Waals surface area contributed by atoms with E-state index in [4.69, 9.17) is 5.11 Å². The second-order valence-electron chi connectivity index (χ2n) is 6.42. The molecule has 0 bridgehead atoms. The van der Waals surface area contributed by atoms with Gasteiger partial charge in [-0.25, -0.2) is 0 Å². The van der Waals surface area contributed by atoms with Crippen LogP contribution in [-0.4, -0.2) is 46.3 Å². The van der Waals surface area contributed by atoms with E-state index in [0.29, 0.717) is 6.04 Å². The van der Waals surface area contributed by atoms with Gasteiger partial charge in [-0.1, -0.05) is 25.7 Å². The van der Waals surface area contributed by atoms with Crippen molar-refractivity contribution in [3.05, 3.63) is 0 Å². The highest BCUT2D eigenvalue weighted by atomic mass is 16.4. The van der Waals surface area contributed by atoms with Gasteiger partial charge in [0.2, 0.25) is 0 Å². The number of rotatable bonds is 7. The molecule has 2 N–H and O–H groups in total. The molecule has 1 saturated heterocycles. The van der Waals surface area contributed by atoms with E-state index >= 15 is 0 Å². The summed E-state index contributed by atoms with van der Waals surface area (Å²) < 4.78 is 0. The van der Waals surface area contributed by atoms with E-state index in [2.05, 4.69) is 4.90 Å². The van der Waals surface area contributed by atoms with Crippen LogP contribution in [0.1, 0.15) is 64.2 Å². The summed E-state index contributed by atoms with van der Waals surface area (Å²) in [7, 11) is 0. The van der Waals surface area contributed by atoms with Gasteiger partial charge < -0.3 is 10.2 Å². The van der Waals surface area contributed by atoms with Crippen molar-refractivity contribution in [3.8, 4) is 0 Å². The van der Waals surface area contributed by atoms with Gasteiger partial charge >= 0.3 is 5.97 Å². The number of aliphatic hydroxyl groups is 1. The molecule has 2 fully saturated rings. The molecular weight excluding hydrogens is 254 g/mol. The molecule has 1 aliphatic heterocycles. The number of hydrogen-bond acceptors (Lipinski definition) is 3. The van der Waals surface area contributed by atoms with E-state index in [1.54, 1.807) is 0 Å². The van der Waals surface area contributed by atoms with Crippen molar-refractivity contribution < 1.29 is 15.0 Å². The molecular formula is C16H29NO3. The van der Waals surface area contributed by atoms with Gasteiger partial charge in [-0.15, -0.1) is 0 Å². The first-order valence-corrected chi connectivity index (χ1v) is 8.33. The predicted octanol–water partition coefficient (Wildman–Crippen LogP) is 2.65. The van der Waals surface area contributed by atoms with E-state index in [-0.39, 0.29) is 12.6 Å². The minimum atomic E-state index is -0.635. The summed E-state index contributed by atoms with van der Waals surface area (Å²) in [6.45, 7) is 1.19. The van der Waals surface area contributed by atoms with Crippen molar-refractivity contribution in [2.75, 3.05) is 13.2 Å². The molecule has 0 aromatic carbocycles. The van der Waals surface area contributed by atoms with E-state index in [0.717, 1.165) is 51.0 Å². The lowest BCUT2D eigenvalue weighted by molar-refractivity contribution is -0.148. The van der Waals surface area contributed by atoms with Crippen molar-refractivity contribution in [2.45, 2.75) is 76.3 Å². The summed E-state index contributed by atoms with van der Waals surface area (Å²) in [5.41, 5.74) is 0. The van der Waals surface area contributed by atoms with E-state index < -0.39 is 5.97 Å². The largest absolute Gasteiger partial charge is 0.480 e. The predicted molar refractivity (Wildman–Crippen MR) is 78.7 cm³/mol. The minimum absolute atomic E-state index is 0.257. The molecule has 3 atom stereocenters. The third-order valence-corrected chi connectivity index (χ3v) is 5.12. The molecule has 0 spiro atoms. The van der Waals surface area contributed by atoms with Gasteiger partial charge in [0.25, 0.3) is 0 Å². The molecule has 0 aromatic heterocycles. The maximum atomic E-state index is 11.5. The number of carbonyl (C=O) groups is 1. The molecule has 4 nitrogen and oxygen atoms in total. The van der Waals surface area contributed by atoms with Gasteiger partial charge in [0.1, 0.15) is 6.04 Å². The fraction of sp³-hybridized carbons (Fsp3) is 0.938. The van der Waals surface area contributed by atoms with Crippen LogP contribution in [0.25, 0.3) is 0 Å². The zero-order valence-corrected chi connectivity index (χ0v) is 12.5. The molecule has 4 heteroatoms. The van der Waals surface area contributed by atoms with Gasteiger partial charge in [-0.05, 0) is 51.0 Å². The number of unbranched alkanes of at least 4 members (excludes halogenated alkanes) is 3. The number of fused-ring (bicyclic) bond motifs is 1. The molecule has 0 amide bonds. The summed E-state index contributed by atoms with van der Waals surface area (Å²) >= 11 is 0. The van der Waals surface area contributed by atoms with E-state index in [1.807, 2.05) is 0 Å². The average molecular weight is 283 g/mol. The number of carboxylic acids is 1. The van der Waals surface area contributed by atoms with Gasteiger partial charge in [-0.3, -0.25) is 9.69 Å². The van der Waals surface area contributed by atoms with Crippen LogP contribution in [0.4, 0.5) is 0 Å². The number of nitrogens with zero attached hydrogens (tertiary/aromatic N) is 1. The number of hydrogen-bond donors (Lipinski definition) is 2. The molecule has 1 aliphatic carbocycles. The van der Waals surface area contributed by atoms with Gasteiger partial charge in [-0.2, -0.15) is 0 Å². The zero-order chi connectivity index (χ0) is 14.4. The Kier molecular flexibility index (Phi) is 6.30. The van der Waals surface area contributed by atoms with Gasteiger partial charge in [0, 0.05) is 12.6 Å². The van der Waals surface area contributed by atoms with E-state index in [9.17, 15) is 9.90 Å². The van der Waals surface area contributed by atoms with Crippen molar-refractivity contribution in [2.24, 2.45) is 5.92 Å². The molecule has 2 rings (SSSR count). The monoisotopic (exact) mass is 283 g/mol. The lowest BCUT2D eigenvalue weighted by atomic mass is 9.76. The van der Waals surface area contributed by atoms with Crippen LogP contribution in [0.5, 0.6) is 0 Å². The van der Waals surface area contributed by atoms with Crippen LogP contribution < -0.4 is 0 Å². The lowest BCUT2D eigenvalue weighted by Gasteiger charge is -2.47. The Morgan fingerprint density at radius 3 is 2.50 bits per heavy atom. The highest BCUT2D eigenvalue weighted by Crippen LogP contribution is 2.38. The first kappa shape index (κ1) is 15.8. The maximum Gasteiger partial charge on any atom is 0.320 e. The zero-order valence-electron chi connectivity index (χ0n) is 12.5. The van der Waals surface area contributed by atoms with Crippen molar-refractivity contribution in [1.29, 1.82) is 0 Å². The van der Waals surface area contributed by atoms with Crippen LogP contribution in [0.15, 0.2) is 0 Å². The second kappa shape index (κ2) is 7.99. The second-order valence-corrected chi connectivity index (χ2v) is 6.42. The Bertz CT molecular complexity index is 308. The summed E-state index contributed by atoms with van der Waals surface area (Å²) in [5, 5.41) is 18.3.